The van der Waals surface area contributed by atoms with Crippen molar-refractivity contribution in [3.8, 4) is 0 Å². The van der Waals surface area contributed by atoms with E-state index in [4.69, 9.17) is 4.84 Å². The van der Waals surface area contributed by atoms with Crippen LogP contribution in [0.4, 0.5) is 0 Å². The normalized spacial score (nSPS) is 32.8. The summed E-state index contributed by atoms with van der Waals surface area (Å²) in [5, 5.41) is 31.1. The molecule has 0 bridgehead atoms. The molecule has 0 aliphatic heterocycles. The van der Waals surface area contributed by atoms with Gasteiger partial charge in [0.2, 0.25) is 5.91 Å². The number of carbonyl (C=O) groups excluding carboxylic acids is 3. The second-order valence-corrected chi connectivity index (χ2v) is 14.6. The number of H-pyrrole nitrogens is 1. The Morgan fingerprint density at radius 2 is 1.81 bits per heavy atom. The second-order valence-electron chi connectivity index (χ2n) is 14.6. The monoisotopic (exact) mass is 646 g/mol. The number of aliphatic carboxylic acids is 1. The molecule has 4 aliphatic rings. The van der Waals surface area contributed by atoms with Crippen LogP contribution in [0.15, 0.2) is 47.3 Å². The standard InChI is InChI=1S/C36H46N4O7/c1-21(41)36(46)15-12-28-26-9-8-23-17-24(10-13-34(23,2)27(26)11-14-35(28,36)3)40-47-20-32(43)38-19-31(42)39-30(33(44)45)16-22-18-37-29-7-5-4-6-25(22)29/h4-7,17-18,26-28,30,37,46H,8-16,19-20H2,1-3H3,(H,38,43)(H,39,42)(H,44,45)/b40-24+/t26-,27+,28-,30+,34+,35+,36+/m1/s1. The van der Waals surface area contributed by atoms with Gasteiger partial charge < -0.3 is 30.7 Å². The molecule has 6 rings (SSSR count). The molecule has 1 aromatic carbocycles. The molecule has 0 spiro atoms. The average molecular weight is 647 g/mol. The van der Waals surface area contributed by atoms with E-state index < -0.39 is 29.4 Å². The van der Waals surface area contributed by atoms with Crippen LogP contribution in [-0.4, -0.2) is 69.3 Å². The zero-order valence-electron chi connectivity index (χ0n) is 27.4. The molecular weight excluding hydrogens is 600 g/mol. The minimum Gasteiger partial charge on any atom is -0.480 e. The van der Waals surface area contributed by atoms with Gasteiger partial charge in [0, 0.05) is 28.9 Å². The van der Waals surface area contributed by atoms with Crippen molar-refractivity contribution in [1.29, 1.82) is 0 Å². The van der Waals surface area contributed by atoms with Gasteiger partial charge in [0.05, 0.1) is 12.3 Å². The summed E-state index contributed by atoms with van der Waals surface area (Å²) in [6, 6.07) is 6.37. The largest absolute Gasteiger partial charge is 0.480 e. The van der Waals surface area contributed by atoms with E-state index in [1.54, 1.807) is 6.20 Å². The van der Waals surface area contributed by atoms with E-state index in [1.807, 2.05) is 24.3 Å². The summed E-state index contributed by atoms with van der Waals surface area (Å²) < 4.78 is 0. The smallest absolute Gasteiger partial charge is 0.326 e. The molecule has 2 aromatic rings. The van der Waals surface area contributed by atoms with Crippen LogP contribution < -0.4 is 10.6 Å². The molecule has 1 heterocycles. The van der Waals surface area contributed by atoms with E-state index in [0.29, 0.717) is 24.2 Å². The predicted octanol–water partition coefficient (Wildman–Crippen LogP) is 4.05. The first kappa shape index (κ1) is 32.9. The number of benzene rings is 1. The molecule has 3 fully saturated rings. The van der Waals surface area contributed by atoms with Crippen LogP contribution in [0.25, 0.3) is 10.9 Å². The maximum absolute atomic E-state index is 12.5. The van der Waals surface area contributed by atoms with Gasteiger partial charge in [-0.3, -0.25) is 14.4 Å². The molecule has 3 saturated carbocycles. The lowest BCUT2D eigenvalue weighted by atomic mass is 9.46. The number of fused-ring (bicyclic) bond motifs is 6. The van der Waals surface area contributed by atoms with E-state index >= 15 is 0 Å². The third-order valence-electron chi connectivity index (χ3n) is 12.3. The maximum Gasteiger partial charge on any atom is 0.326 e. The SMILES string of the molecule is CC(=O)[C@@]1(O)CC[C@@H]2[C@@H]3CCC4=C/C(=N/OCC(=O)NCC(=O)N[C@@H](Cc5c[nH]c6ccccc56)C(=O)O)CC[C@]4(C)[C@H]3CC[C@@]21C. The van der Waals surface area contributed by atoms with Gasteiger partial charge in [-0.2, -0.15) is 0 Å². The van der Waals surface area contributed by atoms with Gasteiger partial charge in [0.1, 0.15) is 11.6 Å². The number of hydrogen-bond donors (Lipinski definition) is 5. The van der Waals surface area contributed by atoms with E-state index in [9.17, 15) is 29.4 Å². The maximum atomic E-state index is 12.5. The first-order valence-electron chi connectivity index (χ1n) is 16.8. The number of oxime groups is 1. The first-order chi connectivity index (χ1) is 22.4. The average Bonchev–Trinajstić information content (AvgIpc) is 3.58. The number of ketones is 1. The number of para-hydroxylation sites is 1. The molecule has 0 unspecified atom stereocenters. The van der Waals surface area contributed by atoms with Gasteiger partial charge in [-0.1, -0.05) is 42.8 Å². The van der Waals surface area contributed by atoms with Crippen molar-refractivity contribution in [2.75, 3.05) is 13.2 Å². The minimum absolute atomic E-state index is 0.0347. The number of amides is 2. The van der Waals surface area contributed by atoms with Crippen molar-refractivity contribution in [2.24, 2.45) is 33.7 Å². The van der Waals surface area contributed by atoms with E-state index in [2.05, 4.69) is 40.7 Å². The number of allylic oxidation sites excluding steroid dienone is 2. The van der Waals surface area contributed by atoms with Gasteiger partial charge in [0.15, 0.2) is 12.4 Å². The number of aromatic nitrogens is 1. The third kappa shape index (κ3) is 5.87. The van der Waals surface area contributed by atoms with Gasteiger partial charge >= 0.3 is 5.97 Å². The number of rotatable bonds is 10. The Hall–Kier alpha value is -3.99. The number of carboxylic acids is 1. The first-order valence-corrected chi connectivity index (χ1v) is 16.8. The molecule has 47 heavy (non-hydrogen) atoms. The fourth-order valence-electron chi connectivity index (χ4n) is 9.61. The summed E-state index contributed by atoms with van der Waals surface area (Å²) in [5.74, 6) is -1.08. The fourth-order valence-corrected chi connectivity index (χ4v) is 9.61. The Balaban J connectivity index is 0.991. The lowest BCUT2D eigenvalue weighted by Crippen LogP contribution is -2.57. The minimum atomic E-state index is -1.21. The van der Waals surface area contributed by atoms with Crippen LogP contribution in [0.2, 0.25) is 0 Å². The van der Waals surface area contributed by atoms with Crippen LogP contribution >= 0.6 is 0 Å². The summed E-state index contributed by atoms with van der Waals surface area (Å²) in [5.41, 5.74) is 2.27. The molecule has 4 aliphatic carbocycles. The van der Waals surface area contributed by atoms with Crippen molar-refractivity contribution in [2.45, 2.75) is 90.2 Å². The molecule has 2 amide bonds. The highest BCUT2D eigenvalue weighted by Crippen LogP contribution is 2.67. The molecule has 1 aromatic heterocycles. The van der Waals surface area contributed by atoms with Gasteiger partial charge in [0.25, 0.3) is 5.91 Å². The fraction of sp³-hybridized carbons (Fsp3) is 0.583. The predicted molar refractivity (Wildman–Crippen MR) is 175 cm³/mol. The summed E-state index contributed by atoms with van der Waals surface area (Å²) in [7, 11) is 0. The lowest BCUT2D eigenvalue weighted by molar-refractivity contribution is -0.159. The summed E-state index contributed by atoms with van der Waals surface area (Å²) in [4.78, 5) is 57.7. The number of hydrogen-bond acceptors (Lipinski definition) is 7. The van der Waals surface area contributed by atoms with Crippen molar-refractivity contribution < 1.29 is 34.2 Å². The number of aliphatic hydroxyl groups is 1. The van der Waals surface area contributed by atoms with E-state index in [1.165, 1.54) is 12.5 Å². The molecule has 11 heteroatoms. The van der Waals surface area contributed by atoms with Crippen LogP contribution in [0.5, 0.6) is 0 Å². The van der Waals surface area contributed by atoms with Gasteiger partial charge in [-0.25, -0.2) is 4.79 Å². The van der Waals surface area contributed by atoms with Crippen LogP contribution in [0, 0.1) is 28.6 Å². The molecule has 7 atom stereocenters. The topological polar surface area (TPSA) is 170 Å². The van der Waals surface area contributed by atoms with Crippen molar-refractivity contribution in [3.63, 3.8) is 0 Å². The highest BCUT2D eigenvalue weighted by atomic mass is 16.6. The molecule has 11 nitrogen and oxygen atoms in total. The molecule has 0 saturated heterocycles. The van der Waals surface area contributed by atoms with Crippen LogP contribution in [-0.2, 0) is 30.4 Å². The van der Waals surface area contributed by atoms with Crippen molar-refractivity contribution >= 4 is 40.2 Å². The Kier molecular flexibility index (Phi) is 8.80. The number of aromatic amines is 1. The lowest BCUT2D eigenvalue weighted by Gasteiger charge is -2.59. The quantitative estimate of drug-likeness (QED) is 0.243. The van der Waals surface area contributed by atoms with Gasteiger partial charge in [-0.05, 0) is 99.2 Å². The number of carbonyl (C=O) groups is 4. The number of nitrogens with zero attached hydrogens (tertiary/aromatic N) is 1. The second kappa shape index (κ2) is 12.6. The number of carboxylic acid groups (broad SMARTS) is 1. The molecule has 252 valence electrons. The van der Waals surface area contributed by atoms with Crippen LogP contribution in [0.1, 0.15) is 77.7 Å². The summed E-state index contributed by atoms with van der Waals surface area (Å²) >= 11 is 0. The molecule has 0 radical (unpaired) electrons. The van der Waals surface area contributed by atoms with E-state index in [-0.39, 0.29) is 36.2 Å². The summed E-state index contributed by atoms with van der Waals surface area (Å²) in [6.07, 6.45) is 10.9. The highest BCUT2D eigenvalue weighted by molar-refractivity contribution is 5.96. The molecular formula is C36H46N4O7. The van der Waals surface area contributed by atoms with Crippen molar-refractivity contribution in [1.82, 2.24) is 15.6 Å². The van der Waals surface area contributed by atoms with Crippen LogP contribution in [0.3, 0.4) is 0 Å². The van der Waals surface area contributed by atoms with Crippen molar-refractivity contribution in [3.05, 3.63) is 47.7 Å². The Bertz CT molecular complexity index is 1650. The Morgan fingerprint density at radius 3 is 2.57 bits per heavy atom. The number of nitrogens with one attached hydrogen (secondary N) is 3. The Morgan fingerprint density at radius 1 is 1.04 bits per heavy atom. The number of Topliss-reactive ketones (excluding diaryl/α,β-unsaturated/α-hetero) is 1. The third-order valence-corrected chi connectivity index (χ3v) is 12.3. The highest BCUT2D eigenvalue weighted by Gasteiger charge is 2.65. The zero-order chi connectivity index (χ0) is 33.6. The van der Waals surface area contributed by atoms with E-state index in [0.717, 1.165) is 67.1 Å². The zero-order valence-corrected chi connectivity index (χ0v) is 27.4. The Labute approximate surface area is 274 Å². The van der Waals surface area contributed by atoms with Gasteiger partial charge in [-0.15, -0.1) is 0 Å². The summed E-state index contributed by atoms with van der Waals surface area (Å²) in [6.45, 7) is 5.29. The molecule has 5 N–H and O–H groups in total.